The lowest BCUT2D eigenvalue weighted by Crippen LogP contribution is -2.17. The van der Waals surface area contributed by atoms with Crippen LogP contribution in [0.25, 0.3) is 0 Å². The van der Waals surface area contributed by atoms with Gasteiger partial charge >= 0.3 is 0 Å². The van der Waals surface area contributed by atoms with E-state index in [4.69, 9.17) is 11.6 Å². The van der Waals surface area contributed by atoms with Gasteiger partial charge in [0.05, 0.1) is 10.7 Å². The molecule has 0 aliphatic rings. The van der Waals surface area contributed by atoms with Gasteiger partial charge in [0.1, 0.15) is 0 Å². The van der Waals surface area contributed by atoms with Crippen LogP contribution in [0, 0.1) is 0 Å². The van der Waals surface area contributed by atoms with E-state index < -0.39 is 0 Å². The summed E-state index contributed by atoms with van der Waals surface area (Å²) >= 11 is 5.84. The molecule has 0 amide bonds. The molecule has 1 aromatic heterocycles. The van der Waals surface area contributed by atoms with Gasteiger partial charge in [0.2, 0.25) is 0 Å². The van der Waals surface area contributed by atoms with Gasteiger partial charge in [-0.15, -0.1) is 0 Å². The zero-order chi connectivity index (χ0) is 12.5. The van der Waals surface area contributed by atoms with E-state index in [-0.39, 0.29) is 0 Å². The SMILES string of the molecule is CCCCCCCC(NC)c1ccc(Cl)cn1. The van der Waals surface area contributed by atoms with Gasteiger partial charge in [0, 0.05) is 12.2 Å². The number of nitrogens with zero attached hydrogens (tertiary/aromatic N) is 1. The first-order valence-corrected chi connectivity index (χ1v) is 6.94. The van der Waals surface area contributed by atoms with E-state index in [0.717, 1.165) is 12.1 Å². The minimum atomic E-state index is 0.355. The van der Waals surface area contributed by atoms with E-state index in [2.05, 4.69) is 17.2 Å². The number of hydrogen-bond acceptors (Lipinski definition) is 2. The average Bonchev–Trinajstić information content (AvgIpc) is 2.35. The standard InChI is InChI=1S/C14H23ClN2/c1-3-4-5-6-7-8-13(16-2)14-10-9-12(15)11-17-14/h9-11,13,16H,3-8H2,1-2H3. The number of pyridine rings is 1. The average molecular weight is 255 g/mol. The number of rotatable bonds is 8. The summed E-state index contributed by atoms with van der Waals surface area (Å²) in [5.41, 5.74) is 1.09. The third-order valence-corrected chi connectivity index (χ3v) is 3.28. The van der Waals surface area contributed by atoms with Crippen LogP contribution in [0.4, 0.5) is 0 Å². The first-order chi connectivity index (χ1) is 8.27. The van der Waals surface area contributed by atoms with Crippen molar-refractivity contribution in [1.29, 1.82) is 0 Å². The van der Waals surface area contributed by atoms with E-state index in [1.54, 1.807) is 6.20 Å². The van der Waals surface area contributed by atoms with Gasteiger partial charge in [-0.1, -0.05) is 50.6 Å². The molecule has 0 saturated carbocycles. The Morgan fingerprint density at radius 1 is 1.24 bits per heavy atom. The van der Waals surface area contributed by atoms with Gasteiger partial charge in [-0.25, -0.2) is 0 Å². The highest BCUT2D eigenvalue weighted by Gasteiger charge is 2.09. The minimum absolute atomic E-state index is 0.355. The van der Waals surface area contributed by atoms with Crippen molar-refractivity contribution in [3.63, 3.8) is 0 Å². The molecule has 1 heterocycles. The molecule has 17 heavy (non-hydrogen) atoms. The second kappa shape index (κ2) is 8.48. The first-order valence-electron chi connectivity index (χ1n) is 6.56. The Morgan fingerprint density at radius 3 is 2.59 bits per heavy atom. The van der Waals surface area contributed by atoms with Gasteiger partial charge in [-0.3, -0.25) is 4.98 Å². The van der Waals surface area contributed by atoms with Crippen molar-refractivity contribution in [2.24, 2.45) is 0 Å². The monoisotopic (exact) mass is 254 g/mol. The molecule has 0 aliphatic carbocycles. The van der Waals surface area contributed by atoms with Crippen LogP contribution in [0.15, 0.2) is 18.3 Å². The maximum atomic E-state index is 5.84. The summed E-state index contributed by atoms with van der Waals surface area (Å²) in [7, 11) is 1.99. The first kappa shape index (κ1) is 14.5. The summed E-state index contributed by atoms with van der Waals surface area (Å²) in [6.07, 6.45) is 9.45. The summed E-state index contributed by atoms with van der Waals surface area (Å²) in [5, 5.41) is 4.02. The molecule has 1 N–H and O–H groups in total. The van der Waals surface area contributed by atoms with Crippen LogP contribution >= 0.6 is 11.6 Å². The van der Waals surface area contributed by atoms with Crippen LogP contribution in [0.3, 0.4) is 0 Å². The van der Waals surface area contributed by atoms with Crippen LogP contribution in [0.5, 0.6) is 0 Å². The fourth-order valence-electron chi connectivity index (χ4n) is 1.99. The van der Waals surface area contributed by atoms with Crippen molar-refractivity contribution in [3.05, 3.63) is 29.0 Å². The molecule has 0 spiro atoms. The van der Waals surface area contributed by atoms with Gasteiger partial charge < -0.3 is 5.32 Å². The smallest absolute Gasteiger partial charge is 0.0589 e. The second-order valence-corrected chi connectivity index (χ2v) is 4.88. The minimum Gasteiger partial charge on any atom is -0.312 e. The Kier molecular flexibility index (Phi) is 7.22. The third kappa shape index (κ3) is 5.51. The highest BCUT2D eigenvalue weighted by atomic mass is 35.5. The summed E-state index contributed by atoms with van der Waals surface area (Å²) in [6, 6.07) is 4.27. The lowest BCUT2D eigenvalue weighted by atomic mass is 10.0. The van der Waals surface area contributed by atoms with Crippen molar-refractivity contribution in [3.8, 4) is 0 Å². The second-order valence-electron chi connectivity index (χ2n) is 4.45. The quantitative estimate of drug-likeness (QED) is 0.698. The van der Waals surface area contributed by atoms with E-state index in [9.17, 15) is 0 Å². The fraction of sp³-hybridized carbons (Fsp3) is 0.643. The number of nitrogens with one attached hydrogen (secondary N) is 1. The molecule has 2 nitrogen and oxygen atoms in total. The molecule has 1 aromatic rings. The molecule has 0 aliphatic heterocycles. The van der Waals surface area contributed by atoms with Gasteiger partial charge in [0.25, 0.3) is 0 Å². The predicted octanol–water partition coefficient (Wildman–Crippen LogP) is 4.36. The predicted molar refractivity (Wildman–Crippen MR) is 74.4 cm³/mol. The van der Waals surface area contributed by atoms with Crippen LogP contribution in [0.2, 0.25) is 5.02 Å². The van der Waals surface area contributed by atoms with E-state index in [1.807, 2.05) is 19.2 Å². The van der Waals surface area contributed by atoms with E-state index in [1.165, 1.54) is 32.1 Å². The van der Waals surface area contributed by atoms with Gasteiger partial charge in [-0.2, -0.15) is 0 Å². The van der Waals surface area contributed by atoms with Crippen LogP contribution in [0.1, 0.15) is 57.2 Å². The summed E-state index contributed by atoms with van der Waals surface area (Å²) < 4.78 is 0. The van der Waals surface area contributed by atoms with Crippen molar-refractivity contribution in [2.45, 2.75) is 51.5 Å². The molecule has 0 fully saturated rings. The number of hydrogen-bond donors (Lipinski definition) is 1. The van der Waals surface area contributed by atoms with Crippen molar-refractivity contribution < 1.29 is 0 Å². The highest BCUT2D eigenvalue weighted by Crippen LogP contribution is 2.19. The molecule has 0 bridgehead atoms. The molecular formula is C14H23ClN2. The summed E-state index contributed by atoms with van der Waals surface area (Å²) in [6.45, 7) is 2.24. The summed E-state index contributed by atoms with van der Waals surface area (Å²) in [5.74, 6) is 0. The molecule has 1 atom stereocenters. The largest absolute Gasteiger partial charge is 0.312 e. The maximum absolute atomic E-state index is 5.84. The Labute approximate surface area is 110 Å². The number of aromatic nitrogens is 1. The molecule has 96 valence electrons. The Bertz CT molecular complexity index is 298. The van der Waals surface area contributed by atoms with Crippen molar-refractivity contribution in [1.82, 2.24) is 10.3 Å². The number of unbranched alkanes of at least 4 members (excludes halogenated alkanes) is 4. The van der Waals surface area contributed by atoms with Crippen molar-refractivity contribution >= 4 is 11.6 Å². The third-order valence-electron chi connectivity index (χ3n) is 3.05. The van der Waals surface area contributed by atoms with E-state index >= 15 is 0 Å². The number of halogens is 1. The fourth-order valence-corrected chi connectivity index (χ4v) is 2.10. The van der Waals surface area contributed by atoms with Crippen molar-refractivity contribution in [2.75, 3.05) is 7.05 Å². The molecular weight excluding hydrogens is 232 g/mol. The molecule has 3 heteroatoms. The highest BCUT2D eigenvalue weighted by molar-refractivity contribution is 6.30. The Balaban J connectivity index is 2.35. The maximum Gasteiger partial charge on any atom is 0.0589 e. The zero-order valence-corrected chi connectivity index (χ0v) is 11.6. The lowest BCUT2D eigenvalue weighted by Gasteiger charge is -2.15. The Hall–Kier alpha value is -0.600. The topological polar surface area (TPSA) is 24.9 Å². The molecule has 0 radical (unpaired) electrons. The van der Waals surface area contributed by atoms with E-state index in [0.29, 0.717) is 11.1 Å². The zero-order valence-electron chi connectivity index (χ0n) is 10.9. The Morgan fingerprint density at radius 2 is 2.00 bits per heavy atom. The molecule has 0 saturated heterocycles. The molecule has 0 aromatic carbocycles. The van der Waals surface area contributed by atoms with Crippen LogP contribution in [-0.2, 0) is 0 Å². The molecule has 1 rings (SSSR count). The van der Waals surface area contributed by atoms with Crippen LogP contribution in [-0.4, -0.2) is 12.0 Å². The van der Waals surface area contributed by atoms with Crippen LogP contribution < -0.4 is 5.32 Å². The summed E-state index contributed by atoms with van der Waals surface area (Å²) in [4.78, 5) is 4.37. The van der Waals surface area contributed by atoms with Gasteiger partial charge in [-0.05, 0) is 25.6 Å². The lowest BCUT2D eigenvalue weighted by molar-refractivity contribution is 0.492. The molecule has 1 unspecified atom stereocenters. The normalized spacial score (nSPS) is 12.6. The van der Waals surface area contributed by atoms with Gasteiger partial charge in [0.15, 0.2) is 0 Å².